The lowest BCUT2D eigenvalue weighted by atomic mass is 10.3. The zero-order valence-electron chi connectivity index (χ0n) is 10.6. The number of fused-ring (bicyclic) bond motifs is 1. The number of nitrogens with one attached hydrogen (secondary N) is 2. The molecular formula is C11H15N5O3S. The lowest BCUT2D eigenvalue weighted by Crippen LogP contribution is -2.36. The minimum absolute atomic E-state index is 0.00231. The van der Waals surface area contributed by atoms with Crippen LogP contribution >= 0.6 is 0 Å². The first-order valence-corrected chi connectivity index (χ1v) is 7.64. The smallest absolute Gasteiger partial charge is 0.260 e. The third-order valence-electron chi connectivity index (χ3n) is 3.13. The highest BCUT2D eigenvalue weighted by molar-refractivity contribution is 7.89. The summed E-state index contributed by atoms with van der Waals surface area (Å²) in [7, 11) is -3.74. The summed E-state index contributed by atoms with van der Waals surface area (Å²) >= 11 is 0. The summed E-state index contributed by atoms with van der Waals surface area (Å²) in [5, 5.41) is 0.00231. The molecule has 1 unspecified atom stereocenters. The molecule has 4 N–H and O–H groups in total. The largest absolute Gasteiger partial charge is 0.380 e. The van der Waals surface area contributed by atoms with Gasteiger partial charge >= 0.3 is 0 Å². The van der Waals surface area contributed by atoms with Gasteiger partial charge in [-0.1, -0.05) is 6.07 Å². The summed E-state index contributed by atoms with van der Waals surface area (Å²) < 4.78 is 34.3. The topological polar surface area (TPSA) is 111 Å². The molecule has 3 heterocycles. The number of anilines is 1. The van der Waals surface area contributed by atoms with Gasteiger partial charge in [-0.2, -0.15) is 0 Å². The van der Waals surface area contributed by atoms with Gasteiger partial charge in [0.05, 0.1) is 6.61 Å². The van der Waals surface area contributed by atoms with Crippen LogP contribution in [0.15, 0.2) is 29.4 Å². The quantitative estimate of drug-likeness (QED) is 0.527. The van der Waals surface area contributed by atoms with E-state index in [1.165, 1.54) is 4.40 Å². The Morgan fingerprint density at radius 2 is 2.30 bits per heavy atom. The Hall–Kier alpha value is -1.68. The lowest BCUT2D eigenvalue weighted by molar-refractivity contribution is 0.192. The normalized spacial score (nSPS) is 19.6. The molecule has 1 aliphatic heterocycles. The summed E-state index contributed by atoms with van der Waals surface area (Å²) in [6.45, 7) is 0.934. The van der Waals surface area contributed by atoms with Gasteiger partial charge < -0.3 is 10.2 Å². The number of rotatable bonds is 4. The van der Waals surface area contributed by atoms with E-state index in [-0.39, 0.29) is 16.9 Å². The molecule has 0 amide bonds. The van der Waals surface area contributed by atoms with E-state index in [0.717, 1.165) is 0 Å². The van der Waals surface area contributed by atoms with Crippen LogP contribution in [0, 0.1) is 0 Å². The van der Waals surface area contributed by atoms with Gasteiger partial charge in [-0.15, -0.1) is 0 Å². The molecule has 0 saturated carbocycles. The summed E-state index contributed by atoms with van der Waals surface area (Å²) in [6, 6.07) is 4.99. The molecule has 0 radical (unpaired) electrons. The Bertz CT molecular complexity index is 721. The molecule has 1 aliphatic rings. The van der Waals surface area contributed by atoms with E-state index in [2.05, 4.69) is 15.1 Å². The van der Waals surface area contributed by atoms with E-state index in [1.807, 2.05) is 0 Å². The molecular weight excluding hydrogens is 282 g/mol. The molecule has 0 spiro atoms. The molecule has 1 fully saturated rings. The highest BCUT2D eigenvalue weighted by Gasteiger charge is 2.29. The third-order valence-corrected chi connectivity index (χ3v) is 4.67. The fourth-order valence-corrected chi connectivity index (χ4v) is 3.74. The maximum atomic E-state index is 12.5. The predicted octanol–water partition coefficient (Wildman–Crippen LogP) is -0.313. The number of aromatic nitrogens is 2. The number of hydrogen-bond acceptors (Lipinski definition) is 6. The van der Waals surface area contributed by atoms with Crippen molar-refractivity contribution in [1.29, 1.82) is 0 Å². The SMILES string of the molecule is NNc1nc2ccccn2c1S(=O)(=O)NC1CCOC1. The van der Waals surface area contributed by atoms with E-state index >= 15 is 0 Å². The zero-order chi connectivity index (χ0) is 14.2. The Balaban J connectivity index is 2.07. The van der Waals surface area contributed by atoms with Crippen molar-refractivity contribution in [2.75, 3.05) is 18.6 Å². The van der Waals surface area contributed by atoms with Gasteiger partial charge in [0, 0.05) is 18.8 Å². The first-order valence-electron chi connectivity index (χ1n) is 6.15. The Kier molecular flexibility index (Phi) is 3.34. The number of pyridine rings is 1. The standard InChI is InChI=1S/C11H15N5O3S/c12-14-10-11(16-5-2-1-3-9(16)13-10)20(17,18)15-8-4-6-19-7-8/h1-3,5,8,14-15H,4,6-7,12H2. The number of sulfonamides is 1. The van der Waals surface area contributed by atoms with Gasteiger partial charge in [-0.25, -0.2) is 24.0 Å². The van der Waals surface area contributed by atoms with Crippen LogP contribution in [0.3, 0.4) is 0 Å². The average Bonchev–Trinajstić information content (AvgIpc) is 3.04. The van der Waals surface area contributed by atoms with E-state index in [4.69, 9.17) is 10.6 Å². The minimum Gasteiger partial charge on any atom is -0.380 e. The highest BCUT2D eigenvalue weighted by Crippen LogP contribution is 2.22. The van der Waals surface area contributed by atoms with Gasteiger partial charge in [-0.05, 0) is 18.6 Å². The predicted molar refractivity (Wildman–Crippen MR) is 72.5 cm³/mol. The summed E-state index contributed by atoms with van der Waals surface area (Å²) in [5.74, 6) is 5.49. The average molecular weight is 297 g/mol. The van der Waals surface area contributed by atoms with E-state index in [1.54, 1.807) is 24.4 Å². The van der Waals surface area contributed by atoms with E-state index in [0.29, 0.717) is 25.3 Å². The molecule has 1 atom stereocenters. The molecule has 3 rings (SSSR count). The lowest BCUT2D eigenvalue weighted by Gasteiger charge is -2.12. The van der Waals surface area contributed by atoms with Gasteiger partial charge in [0.25, 0.3) is 10.0 Å². The van der Waals surface area contributed by atoms with Crippen LogP contribution in [0.2, 0.25) is 0 Å². The van der Waals surface area contributed by atoms with Crippen molar-refractivity contribution in [2.45, 2.75) is 17.5 Å². The van der Waals surface area contributed by atoms with Crippen molar-refractivity contribution in [3.05, 3.63) is 24.4 Å². The van der Waals surface area contributed by atoms with Crippen LogP contribution in [-0.2, 0) is 14.8 Å². The summed E-state index contributed by atoms with van der Waals surface area (Å²) in [5.41, 5.74) is 2.84. The number of ether oxygens (including phenoxy) is 1. The number of imidazole rings is 1. The fraction of sp³-hybridized carbons (Fsp3) is 0.364. The molecule has 0 aliphatic carbocycles. The van der Waals surface area contributed by atoms with Crippen LogP contribution in [0.4, 0.5) is 5.82 Å². The Morgan fingerprint density at radius 3 is 3.00 bits per heavy atom. The zero-order valence-corrected chi connectivity index (χ0v) is 11.4. The minimum atomic E-state index is -3.74. The highest BCUT2D eigenvalue weighted by atomic mass is 32.2. The molecule has 9 heteroatoms. The van der Waals surface area contributed by atoms with Crippen molar-refractivity contribution >= 4 is 21.5 Å². The van der Waals surface area contributed by atoms with Gasteiger partial charge in [0.15, 0.2) is 10.8 Å². The van der Waals surface area contributed by atoms with Crippen molar-refractivity contribution in [1.82, 2.24) is 14.1 Å². The Morgan fingerprint density at radius 1 is 1.45 bits per heavy atom. The number of hydrazine groups is 1. The first kappa shape index (κ1) is 13.3. The van der Waals surface area contributed by atoms with Crippen molar-refractivity contribution in [3.63, 3.8) is 0 Å². The van der Waals surface area contributed by atoms with Crippen LogP contribution in [0.25, 0.3) is 5.65 Å². The van der Waals surface area contributed by atoms with Gasteiger partial charge in [0.2, 0.25) is 0 Å². The molecule has 2 aromatic rings. The van der Waals surface area contributed by atoms with Crippen molar-refractivity contribution < 1.29 is 13.2 Å². The molecule has 8 nitrogen and oxygen atoms in total. The van der Waals surface area contributed by atoms with E-state index < -0.39 is 10.0 Å². The van der Waals surface area contributed by atoms with Crippen molar-refractivity contribution in [3.8, 4) is 0 Å². The van der Waals surface area contributed by atoms with Crippen LogP contribution < -0.4 is 16.0 Å². The second-order valence-corrected chi connectivity index (χ2v) is 6.15. The number of nitrogen functional groups attached to an aromatic ring is 1. The summed E-state index contributed by atoms with van der Waals surface area (Å²) in [6.07, 6.45) is 2.28. The first-order chi connectivity index (χ1) is 9.62. The fourth-order valence-electron chi connectivity index (χ4n) is 2.23. The number of nitrogens with two attached hydrogens (primary N) is 1. The molecule has 0 aromatic carbocycles. The van der Waals surface area contributed by atoms with Crippen molar-refractivity contribution in [2.24, 2.45) is 5.84 Å². The maximum absolute atomic E-state index is 12.5. The molecule has 108 valence electrons. The third kappa shape index (κ3) is 2.24. The molecule has 2 aromatic heterocycles. The molecule has 20 heavy (non-hydrogen) atoms. The van der Waals surface area contributed by atoms with Crippen LogP contribution in [0.5, 0.6) is 0 Å². The maximum Gasteiger partial charge on any atom is 0.260 e. The van der Waals surface area contributed by atoms with Gasteiger partial charge in [0.1, 0.15) is 5.65 Å². The summed E-state index contributed by atoms with van der Waals surface area (Å²) in [4.78, 5) is 4.15. The number of nitrogens with zero attached hydrogens (tertiary/aromatic N) is 2. The van der Waals surface area contributed by atoms with Crippen LogP contribution in [-0.4, -0.2) is 37.1 Å². The van der Waals surface area contributed by atoms with Gasteiger partial charge in [-0.3, -0.25) is 4.40 Å². The monoisotopic (exact) mass is 297 g/mol. The second-order valence-electron chi connectivity index (χ2n) is 4.52. The van der Waals surface area contributed by atoms with E-state index in [9.17, 15) is 8.42 Å². The molecule has 0 bridgehead atoms. The number of hydrogen-bond donors (Lipinski definition) is 3. The van der Waals surface area contributed by atoms with Crippen LogP contribution in [0.1, 0.15) is 6.42 Å². The Labute approximate surface area is 116 Å². The molecule has 1 saturated heterocycles. The second kappa shape index (κ2) is 5.02.